The first kappa shape index (κ1) is 38.0. The Morgan fingerprint density at radius 3 is 1.59 bits per heavy atom. The molecule has 1 N–H and O–H groups in total. The van der Waals surface area contributed by atoms with E-state index < -0.39 is 0 Å². The monoisotopic (exact) mass is 380 g/mol. The second-order valence-corrected chi connectivity index (χ2v) is 5.15. The Labute approximate surface area is 167 Å². The number of hydrogen-bond donors (Lipinski definition) is 0. The standard InChI is InChI=1S/C7H9.C5H5.C4H10N.2CH3.2ClH.Ti/c1-6-4-3-5-7(6)2;1-2-4-5-3-1;1-4(2,3)5;;;;;/h4H,3H2,1-2H3;1-3H,4H2;5H,1-3H3;2*1H3;2*1H;/q5*-1;;;. The Hall–Kier alpha value is 0.214. The molecular weight excluding hydrogens is 349 g/mol. The van der Waals surface area contributed by atoms with Gasteiger partial charge in [-0.3, -0.25) is 12.2 Å². The fourth-order valence-electron chi connectivity index (χ4n) is 0.990. The molecule has 0 unspecified atom stereocenters. The molecule has 2 aliphatic carbocycles. The van der Waals surface area contributed by atoms with Gasteiger partial charge < -0.3 is 20.6 Å². The van der Waals surface area contributed by atoms with Gasteiger partial charge in [0.15, 0.2) is 0 Å². The van der Waals surface area contributed by atoms with Crippen LogP contribution in [0.3, 0.4) is 0 Å². The smallest absolute Gasteiger partial charge is 0 e. The van der Waals surface area contributed by atoms with Crippen molar-refractivity contribution in [2.45, 2.75) is 53.0 Å². The van der Waals surface area contributed by atoms with Crippen LogP contribution in [0.5, 0.6) is 0 Å². The summed E-state index contributed by atoms with van der Waals surface area (Å²) in [6, 6.07) is 0. The van der Waals surface area contributed by atoms with Crippen LogP contribution in [0.25, 0.3) is 5.73 Å². The predicted molar refractivity (Wildman–Crippen MR) is 104 cm³/mol. The molecule has 0 saturated carbocycles. The molecule has 0 fully saturated rings. The van der Waals surface area contributed by atoms with Gasteiger partial charge in [-0.1, -0.05) is 27.7 Å². The molecule has 0 aromatic rings. The van der Waals surface area contributed by atoms with Crippen LogP contribution < -0.4 is 0 Å². The summed E-state index contributed by atoms with van der Waals surface area (Å²) in [6.07, 6.45) is 16.4. The first-order chi connectivity index (χ1) is 7.80. The van der Waals surface area contributed by atoms with Gasteiger partial charge in [0.2, 0.25) is 0 Å². The molecule has 22 heavy (non-hydrogen) atoms. The van der Waals surface area contributed by atoms with Gasteiger partial charge in [0.1, 0.15) is 0 Å². The topological polar surface area (TPSA) is 23.8 Å². The zero-order chi connectivity index (χ0) is 13.3. The van der Waals surface area contributed by atoms with Gasteiger partial charge in [0.25, 0.3) is 0 Å². The Morgan fingerprint density at radius 1 is 1.05 bits per heavy atom. The molecule has 0 amide bonds. The average molecular weight is 381 g/mol. The molecule has 0 bridgehead atoms. The third-order valence-electron chi connectivity index (χ3n) is 1.95. The molecule has 4 heteroatoms. The van der Waals surface area contributed by atoms with Crippen LogP contribution >= 0.6 is 24.8 Å². The maximum atomic E-state index is 6.94. The summed E-state index contributed by atoms with van der Waals surface area (Å²) in [5.74, 6) is 0. The van der Waals surface area contributed by atoms with Crippen LogP contribution in [-0.4, -0.2) is 5.54 Å². The van der Waals surface area contributed by atoms with Gasteiger partial charge in [-0.25, -0.2) is 23.3 Å². The van der Waals surface area contributed by atoms with Gasteiger partial charge in [0.05, 0.1) is 0 Å². The van der Waals surface area contributed by atoms with Crippen LogP contribution in [0.1, 0.15) is 47.5 Å². The van der Waals surface area contributed by atoms with Crippen molar-refractivity contribution in [3.05, 3.63) is 68.2 Å². The molecule has 0 saturated heterocycles. The number of rotatable bonds is 0. The maximum Gasteiger partial charge on any atom is 0 e. The Bertz CT molecular complexity index is 305. The zero-order valence-corrected chi connectivity index (χ0v) is 18.2. The van der Waals surface area contributed by atoms with Crippen LogP contribution in [0.2, 0.25) is 0 Å². The first-order valence-corrected chi connectivity index (χ1v) is 6.02. The van der Waals surface area contributed by atoms with E-state index in [0.29, 0.717) is 0 Å². The van der Waals surface area contributed by atoms with E-state index in [1.165, 1.54) is 11.1 Å². The summed E-state index contributed by atoms with van der Waals surface area (Å²) in [5, 5.41) is 0. The third-order valence-corrected chi connectivity index (χ3v) is 1.95. The Kier molecular flexibility index (Phi) is 36.7. The minimum atomic E-state index is -0.250. The SMILES string of the molecule is CC(C)(C)[NH-].CC1=[C-]CC=C1C.Cl.Cl.[C-]1=CC=CC1.[CH3-].[CH3-].[Ti]. The van der Waals surface area contributed by atoms with Crippen LogP contribution in [0, 0.1) is 27.0 Å². The molecule has 1 nitrogen and oxygen atoms in total. The molecule has 0 heterocycles. The molecule has 2 aliphatic rings. The second-order valence-electron chi connectivity index (χ2n) is 5.15. The molecule has 0 aromatic heterocycles. The van der Waals surface area contributed by atoms with E-state index in [9.17, 15) is 0 Å². The first-order valence-electron chi connectivity index (χ1n) is 6.02. The summed E-state index contributed by atoms with van der Waals surface area (Å²) in [4.78, 5) is 0. The third kappa shape index (κ3) is 32.2. The van der Waals surface area contributed by atoms with Crippen molar-refractivity contribution >= 4 is 24.8 Å². The molecule has 0 radical (unpaired) electrons. The van der Waals surface area contributed by atoms with E-state index in [0.717, 1.165) is 12.8 Å². The number of halogens is 2. The average Bonchev–Trinajstić information content (AvgIpc) is 2.79. The summed E-state index contributed by atoms with van der Waals surface area (Å²) < 4.78 is 0. The van der Waals surface area contributed by atoms with E-state index >= 15 is 0 Å². The fraction of sp³-hybridized carbons (Fsp3) is 0.444. The summed E-state index contributed by atoms with van der Waals surface area (Å²) in [6.45, 7) is 9.78. The van der Waals surface area contributed by atoms with Crippen molar-refractivity contribution in [1.29, 1.82) is 0 Å². The van der Waals surface area contributed by atoms with Crippen LogP contribution in [0.4, 0.5) is 0 Å². The van der Waals surface area contributed by atoms with E-state index in [1.807, 2.05) is 32.9 Å². The van der Waals surface area contributed by atoms with E-state index in [4.69, 9.17) is 5.73 Å². The number of hydrogen-bond acceptors (Lipinski definition) is 0. The van der Waals surface area contributed by atoms with Crippen molar-refractivity contribution in [2.24, 2.45) is 0 Å². The Morgan fingerprint density at radius 2 is 1.50 bits per heavy atom. The number of nitrogens with one attached hydrogen (secondary N) is 1. The second kappa shape index (κ2) is 21.2. The molecule has 0 atom stereocenters. The van der Waals surface area contributed by atoms with Crippen molar-refractivity contribution in [1.82, 2.24) is 0 Å². The molecule has 2 rings (SSSR count). The maximum absolute atomic E-state index is 6.94. The molecular formula is C18H32Cl2NTi-5. The zero-order valence-electron chi connectivity index (χ0n) is 15.0. The Balaban J connectivity index is -0.0000000398. The molecule has 0 spiro atoms. The normalized spacial score (nSPS) is 12.8. The minimum Gasteiger partial charge on any atom is -0.673 e. The van der Waals surface area contributed by atoms with Gasteiger partial charge >= 0.3 is 0 Å². The predicted octanol–water partition coefficient (Wildman–Crippen LogP) is 6.97. The van der Waals surface area contributed by atoms with E-state index in [2.05, 4.69) is 38.2 Å². The molecule has 0 aromatic carbocycles. The quantitative estimate of drug-likeness (QED) is 0.320. The number of allylic oxidation sites excluding steroid dienone is 8. The minimum absolute atomic E-state index is 0. The summed E-state index contributed by atoms with van der Waals surface area (Å²) >= 11 is 0. The summed E-state index contributed by atoms with van der Waals surface area (Å²) in [7, 11) is 0. The van der Waals surface area contributed by atoms with Crippen molar-refractivity contribution in [3.8, 4) is 0 Å². The van der Waals surface area contributed by atoms with Gasteiger partial charge in [-0.05, 0) is 0 Å². The van der Waals surface area contributed by atoms with E-state index in [1.54, 1.807) is 0 Å². The van der Waals surface area contributed by atoms with Gasteiger partial charge in [-0.2, -0.15) is 12.2 Å². The van der Waals surface area contributed by atoms with Crippen LogP contribution in [-0.2, 0) is 21.7 Å². The molecule has 132 valence electrons. The van der Waals surface area contributed by atoms with Gasteiger partial charge in [-0.15, -0.1) is 50.1 Å². The molecule has 0 aliphatic heterocycles. The largest absolute Gasteiger partial charge is 0.673 e. The summed E-state index contributed by atoms with van der Waals surface area (Å²) in [5.41, 5.74) is 9.40. The van der Waals surface area contributed by atoms with E-state index in [-0.39, 0.29) is 66.9 Å². The van der Waals surface area contributed by atoms with Crippen LogP contribution in [0.15, 0.2) is 35.5 Å². The fourth-order valence-corrected chi connectivity index (χ4v) is 0.990. The van der Waals surface area contributed by atoms with Crippen molar-refractivity contribution in [3.63, 3.8) is 0 Å². The van der Waals surface area contributed by atoms with Gasteiger partial charge in [0, 0.05) is 21.7 Å². The van der Waals surface area contributed by atoms with Crippen molar-refractivity contribution in [2.75, 3.05) is 0 Å². The van der Waals surface area contributed by atoms with Crippen molar-refractivity contribution < 1.29 is 21.7 Å².